The highest BCUT2D eigenvalue weighted by molar-refractivity contribution is 5.78. The van der Waals surface area contributed by atoms with E-state index in [9.17, 15) is 4.79 Å². The second-order valence-corrected chi connectivity index (χ2v) is 5.97. The molecule has 22 heavy (non-hydrogen) atoms. The highest BCUT2D eigenvalue weighted by atomic mass is 16.5. The molecule has 0 spiro atoms. The molecule has 0 bridgehead atoms. The number of carbonyl (C=O) groups excluding carboxylic acids is 1. The van der Waals surface area contributed by atoms with Gasteiger partial charge in [0.2, 0.25) is 5.91 Å². The van der Waals surface area contributed by atoms with Crippen LogP contribution in [-0.4, -0.2) is 62.8 Å². The largest absolute Gasteiger partial charge is 0.377 e. The maximum atomic E-state index is 12.2. The van der Waals surface area contributed by atoms with Crippen molar-refractivity contribution in [3.63, 3.8) is 0 Å². The fourth-order valence-electron chi connectivity index (χ4n) is 3.11. The number of amides is 1. The van der Waals surface area contributed by atoms with E-state index in [1.807, 2.05) is 11.0 Å². The number of hydrogen-bond acceptors (Lipinski definition) is 4. The van der Waals surface area contributed by atoms with Gasteiger partial charge in [0.15, 0.2) is 0 Å². The van der Waals surface area contributed by atoms with Crippen LogP contribution in [0.1, 0.15) is 12.8 Å². The number of nitrogens with one attached hydrogen (secondary N) is 1. The normalized spacial score (nSPS) is 22.1. The van der Waals surface area contributed by atoms with E-state index in [0.29, 0.717) is 12.6 Å². The SMILES string of the molecule is O=C(CNCC1CCCO1)N1CCN(c2ccccc2)CC1. The number of rotatable bonds is 5. The molecule has 2 aliphatic rings. The lowest BCUT2D eigenvalue weighted by Gasteiger charge is -2.36. The Kier molecular flexibility index (Phi) is 5.29. The first-order valence-corrected chi connectivity index (χ1v) is 8.23. The third-order valence-electron chi connectivity index (χ3n) is 4.43. The third-order valence-corrected chi connectivity index (χ3v) is 4.43. The first kappa shape index (κ1) is 15.3. The number of ether oxygens (including phenoxy) is 1. The number of benzene rings is 1. The first-order chi connectivity index (χ1) is 10.8. The first-order valence-electron chi connectivity index (χ1n) is 8.23. The van der Waals surface area contributed by atoms with Gasteiger partial charge in [-0.15, -0.1) is 0 Å². The molecule has 2 heterocycles. The van der Waals surface area contributed by atoms with Gasteiger partial charge in [-0.05, 0) is 25.0 Å². The molecule has 2 fully saturated rings. The minimum absolute atomic E-state index is 0.200. The lowest BCUT2D eigenvalue weighted by molar-refractivity contribution is -0.130. The minimum atomic E-state index is 0.200. The van der Waals surface area contributed by atoms with E-state index in [-0.39, 0.29) is 5.91 Å². The van der Waals surface area contributed by atoms with Crippen LogP contribution in [0.5, 0.6) is 0 Å². The van der Waals surface area contributed by atoms with Gasteiger partial charge in [0.1, 0.15) is 0 Å². The minimum Gasteiger partial charge on any atom is -0.377 e. The van der Waals surface area contributed by atoms with E-state index in [1.54, 1.807) is 0 Å². The number of piperazine rings is 1. The van der Waals surface area contributed by atoms with Gasteiger partial charge in [0, 0.05) is 45.0 Å². The molecule has 2 aliphatic heterocycles. The van der Waals surface area contributed by atoms with Gasteiger partial charge < -0.3 is 19.9 Å². The fourth-order valence-corrected chi connectivity index (χ4v) is 3.11. The van der Waals surface area contributed by atoms with Crippen molar-refractivity contribution in [1.82, 2.24) is 10.2 Å². The molecule has 1 amide bonds. The number of nitrogens with zero attached hydrogens (tertiary/aromatic N) is 2. The van der Waals surface area contributed by atoms with Gasteiger partial charge in [-0.2, -0.15) is 0 Å². The summed E-state index contributed by atoms with van der Waals surface area (Å²) in [6.45, 7) is 5.48. The second-order valence-electron chi connectivity index (χ2n) is 5.97. The van der Waals surface area contributed by atoms with Crippen molar-refractivity contribution in [1.29, 1.82) is 0 Å². The molecule has 1 N–H and O–H groups in total. The highest BCUT2D eigenvalue weighted by Gasteiger charge is 2.21. The Morgan fingerprint density at radius 1 is 1.18 bits per heavy atom. The van der Waals surface area contributed by atoms with Crippen molar-refractivity contribution in [3.05, 3.63) is 30.3 Å². The lowest BCUT2D eigenvalue weighted by atomic mass is 10.2. The van der Waals surface area contributed by atoms with Gasteiger partial charge >= 0.3 is 0 Å². The standard InChI is InChI=1S/C17H25N3O2/c21-17(14-18-13-16-7-4-12-22-16)20-10-8-19(9-11-20)15-5-2-1-3-6-15/h1-3,5-6,16,18H,4,7-14H2. The molecule has 1 aromatic rings. The molecule has 1 unspecified atom stereocenters. The Morgan fingerprint density at radius 2 is 1.95 bits per heavy atom. The topological polar surface area (TPSA) is 44.8 Å². The summed E-state index contributed by atoms with van der Waals surface area (Å²) < 4.78 is 5.55. The number of para-hydroxylation sites is 1. The van der Waals surface area contributed by atoms with Crippen molar-refractivity contribution >= 4 is 11.6 Å². The lowest BCUT2D eigenvalue weighted by Crippen LogP contribution is -2.51. The van der Waals surface area contributed by atoms with E-state index in [0.717, 1.165) is 52.2 Å². The molecule has 1 atom stereocenters. The zero-order valence-electron chi connectivity index (χ0n) is 13.0. The summed E-state index contributed by atoms with van der Waals surface area (Å²) in [6.07, 6.45) is 2.54. The summed E-state index contributed by atoms with van der Waals surface area (Å²) in [5.41, 5.74) is 1.24. The van der Waals surface area contributed by atoms with Gasteiger partial charge in [-0.3, -0.25) is 4.79 Å². The molecular weight excluding hydrogens is 278 g/mol. The van der Waals surface area contributed by atoms with Crippen LogP contribution in [0.25, 0.3) is 0 Å². The van der Waals surface area contributed by atoms with E-state index in [2.05, 4.69) is 34.5 Å². The van der Waals surface area contributed by atoms with Crippen LogP contribution in [0, 0.1) is 0 Å². The fraction of sp³-hybridized carbons (Fsp3) is 0.588. The number of hydrogen-bond donors (Lipinski definition) is 1. The molecule has 0 aliphatic carbocycles. The van der Waals surface area contributed by atoms with Crippen LogP contribution in [0.2, 0.25) is 0 Å². The Hall–Kier alpha value is -1.59. The maximum Gasteiger partial charge on any atom is 0.236 e. The van der Waals surface area contributed by atoms with E-state index < -0.39 is 0 Å². The van der Waals surface area contributed by atoms with Gasteiger partial charge in [-0.1, -0.05) is 18.2 Å². The molecule has 0 aromatic heterocycles. The van der Waals surface area contributed by atoms with Crippen molar-refractivity contribution in [3.8, 4) is 0 Å². The van der Waals surface area contributed by atoms with E-state index in [1.165, 1.54) is 5.69 Å². The van der Waals surface area contributed by atoms with Crippen molar-refractivity contribution < 1.29 is 9.53 Å². The molecule has 0 radical (unpaired) electrons. The molecule has 3 rings (SSSR count). The van der Waals surface area contributed by atoms with Crippen LogP contribution in [0.4, 0.5) is 5.69 Å². The molecule has 0 saturated carbocycles. The zero-order chi connectivity index (χ0) is 15.2. The molecule has 1 aromatic carbocycles. The Bertz CT molecular complexity index is 466. The van der Waals surface area contributed by atoms with Crippen molar-refractivity contribution in [2.45, 2.75) is 18.9 Å². The Morgan fingerprint density at radius 3 is 2.64 bits per heavy atom. The average Bonchev–Trinajstić information content (AvgIpc) is 3.09. The van der Waals surface area contributed by atoms with Crippen molar-refractivity contribution in [2.24, 2.45) is 0 Å². The van der Waals surface area contributed by atoms with Gasteiger partial charge in [0.25, 0.3) is 0 Å². The second kappa shape index (κ2) is 7.61. The number of anilines is 1. The molecule has 2 saturated heterocycles. The molecular formula is C17H25N3O2. The van der Waals surface area contributed by atoms with Crippen LogP contribution in [0.3, 0.4) is 0 Å². The monoisotopic (exact) mass is 303 g/mol. The Labute approximate surface area is 132 Å². The molecule has 5 nitrogen and oxygen atoms in total. The summed E-state index contributed by atoms with van der Waals surface area (Å²) in [4.78, 5) is 16.5. The third kappa shape index (κ3) is 3.99. The summed E-state index contributed by atoms with van der Waals surface area (Å²) >= 11 is 0. The van der Waals surface area contributed by atoms with E-state index in [4.69, 9.17) is 4.74 Å². The highest BCUT2D eigenvalue weighted by Crippen LogP contribution is 2.15. The number of carbonyl (C=O) groups is 1. The van der Waals surface area contributed by atoms with Crippen LogP contribution in [0.15, 0.2) is 30.3 Å². The summed E-state index contributed by atoms with van der Waals surface area (Å²) in [5, 5.41) is 3.24. The molecule has 120 valence electrons. The average molecular weight is 303 g/mol. The molecule has 5 heteroatoms. The maximum absolute atomic E-state index is 12.2. The van der Waals surface area contributed by atoms with Gasteiger partial charge in [-0.25, -0.2) is 0 Å². The van der Waals surface area contributed by atoms with Crippen LogP contribution < -0.4 is 10.2 Å². The van der Waals surface area contributed by atoms with Crippen LogP contribution in [-0.2, 0) is 9.53 Å². The smallest absolute Gasteiger partial charge is 0.236 e. The van der Waals surface area contributed by atoms with Crippen LogP contribution >= 0.6 is 0 Å². The van der Waals surface area contributed by atoms with E-state index >= 15 is 0 Å². The quantitative estimate of drug-likeness (QED) is 0.885. The predicted octanol–water partition coefficient (Wildman–Crippen LogP) is 1.10. The summed E-state index contributed by atoms with van der Waals surface area (Å²) in [5.74, 6) is 0.200. The van der Waals surface area contributed by atoms with Gasteiger partial charge in [0.05, 0.1) is 12.6 Å². The van der Waals surface area contributed by atoms with Crippen molar-refractivity contribution in [2.75, 3.05) is 50.8 Å². The zero-order valence-corrected chi connectivity index (χ0v) is 13.0. The predicted molar refractivity (Wildman–Crippen MR) is 87.1 cm³/mol. The summed E-state index contributed by atoms with van der Waals surface area (Å²) in [7, 11) is 0. The Balaban J connectivity index is 1.38. The summed E-state index contributed by atoms with van der Waals surface area (Å²) in [6, 6.07) is 10.4.